The Kier molecular flexibility index (Phi) is 7.70. The first kappa shape index (κ1) is 29.2. The normalized spacial score (nSPS) is 25.9. The van der Waals surface area contributed by atoms with Crippen LogP contribution in [0, 0.1) is 17.2 Å². The van der Waals surface area contributed by atoms with Gasteiger partial charge < -0.3 is 15.5 Å². The van der Waals surface area contributed by atoms with E-state index in [0.717, 1.165) is 4.90 Å². The molecule has 3 fully saturated rings. The topological polar surface area (TPSA) is 135 Å². The number of anilines is 1. The first-order chi connectivity index (χ1) is 18.1. The van der Waals surface area contributed by atoms with Gasteiger partial charge in [-0.25, -0.2) is 18.9 Å². The van der Waals surface area contributed by atoms with Crippen LogP contribution in [0.1, 0.15) is 53.4 Å². The minimum Gasteiger partial charge on any atom is -0.368 e. The van der Waals surface area contributed by atoms with Crippen molar-refractivity contribution in [3.8, 4) is 6.07 Å². The summed E-state index contributed by atoms with van der Waals surface area (Å²) in [5.74, 6) is -5.37. The number of hydrogen-bond donors (Lipinski definition) is 3. The summed E-state index contributed by atoms with van der Waals surface area (Å²) in [5, 5.41) is 17.8. The molecular formula is C26H36F2N6O4S. The van der Waals surface area contributed by atoms with E-state index in [-0.39, 0.29) is 36.4 Å². The van der Waals surface area contributed by atoms with Crippen molar-refractivity contribution in [2.45, 2.75) is 86.7 Å². The molecule has 1 aromatic carbocycles. The van der Waals surface area contributed by atoms with Crippen LogP contribution in [-0.4, -0.2) is 78.2 Å². The highest BCUT2D eigenvalue weighted by Crippen LogP contribution is 2.41. The lowest BCUT2D eigenvalue weighted by Crippen LogP contribution is -2.63. The van der Waals surface area contributed by atoms with E-state index in [9.17, 15) is 32.0 Å². The van der Waals surface area contributed by atoms with Crippen molar-refractivity contribution < 1.29 is 26.8 Å². The van der Waals surface area contributed by atoms with E-state index >= 15 is 0 Å². The summed E-state index contributed by atoms with van der Waals surface area (Å²) >= 11 is 0. The molecule has 3 N–H and O–H groups in total. The minimum atomic E-state index is -3.53. The van der Waals surface area contributed by atoms with Crippen LogP contribution in [0.2, 0.25) is 0 Å². The fraction of sp³-hybridized carbons (Fsp3) is 0.654. The number of piperidine rings is 2. The molecule has 0 bridgehead atoms. The molecule has 3 heterocycles. The number of carbonyl (C=O) groups is 2. The maximum Gasteiger partial charge on any atom is 0.322 e. The van der Waals surface area contributed by atoms with Gasteiger partial charge in [-0.1, -0.05) is 0 Å². The summed E-state index contributed by atoms with van der Waals surface area (Å²) in [6, 6.07) is 8.32. The lowest BCUT2D eigenvalue weighted by Gasteiger charge is -2.49. The molecule has 3 atom stereocenters. The molecule has 3 aliphatic heterocycles. The first-order valence-corrected chi connectivity index (χ1v) is 14.6. The van der Waals surface area contributed by atoms with Gasteiger partial charge in [0.15, 0.2) is 9.84 Å². The Morgan fingerprint density at radius 2 is 1.79 bits per heavy atom. The van der Waals surface area contributed by atoms with Gasteiger partial charge in [0.05, 0.1) is 33.6 Å². The van der Waals surface area contributed by atoms with Crippen LogP contribution < -0.4 is 16.1 Å². The van der Waals surface area contributed by atoms with Crippen molar-refractivity contribution in [2.24, 2.45) is 5.92 Å². The monoisotopic (exact) mass is 566 g/mol. The van der Waals surface area contributed by atoms with Crippen LogP contribution in [0.5, 0.6) is 0 Å². The highest BCUT2D eigenvalue weighted by atomic mass is 32.2. The van der Waals surface area contributed by atoms with Gasteiger partial charge in [-0.05, 0) is 64.3 Å². The number of halogens is 2. The van der Waals surface area contributed by atoms with Crippen molar-refractivity contribution in [1.82, 2.24) is 20.7 Å². The molecule has 1 aromatic rings. The van der Waals surface area contributed by atoms with E-state index in [1.165, 1.54) is 12.1 Å². The van der Waals surface area contributed by atoms with Gasteiger partial charge in [0.2, 0.25) is 5.91 Å². The summed E-state index contributed by atoms with van der Waals surface area (Å²) in [4.78, 5) is 26.5. The molecule has 3 aliphatic rings. The molecule has 13 heteroatoms. The number of nitriles is 1. The van der Waals surface area contributed by atoms with Gasteiger partial charge in [0.25, 0.3) is 5.91 Å². The molecule has 10 nitrogen and oxygen atoms in total. The van der Waals surface area contributed by atoms with Crippen molar-refractivity contribution in [3.63, 3.8) is 0 Å². The third-order valence-corrected chi connectivity index (χ3v) is 10.5. The number of hydrazine groups is 1. The second-order valence-corrected chi connectivity index (χ2v) is 14.4. The lowest BCUT2D eigenvalue weighted by molar-refractivity contribution is -0.158. The standard InChI is InChI=1S/C26H36F2N6O4S/c1-24(2,3)39(37,38)18-7-5-17(6-8-18)31-21-20-19(9-14-30-22(20)35)34(32-21)26(10-13-29)11-15-33(16-12-26)23(36)25(4,27)28/h5-8,19-21,31-32H,9-12,14-16H2,1-4H3,(H,30,35). The Balaban J connectivity index is 1.57. The van der Waals surface area contributed by atoms with E-state index in [2.05, 4.69) is 22.1 Å². The molecule has 3 unspecified atom stereocenters. The zero-order valence-electron chi connectivity index (χ0n) is 22.6. The van der Waals surface area contributed by atoms with E-state index in [0.29, 0.717) is 38.4 Å². The Labute approximate surface area is 228 Å². The summed E-state index contributed by atoms with van der Waals surface area (Å²) < 4.78 is 51.9. The molecule has 0 saturated carbocycles. The largest absolute Gasteiger partial charge is 0.368 e. The van der Waals surface area contributed by atoms with Crippen molar-refractivity contribution in [1.29, 1.82) is 5.26 Å². The Morgan fingerprint density at radius 1 is 1.18 bits per heavy atom. The number of amides is 2. The van der Waals surface area contributed by atoms with Crippen LogP contribution >= 0.6 is 0 Å². The molecule has 2 amide bonds. The minimum absolute atomic E-state index is 0.0769. The van der Waals surface area contributed by atoms with Gasteiger partial charge in [-0.15, -0.1) is 0 Å². The number of carbonyl (C=O) groups excluding carboxylic acids is 2. The van der Waals surface area contributed by atoms with Gasteiger partial charge in [0, 0.05) is 38.3 Å². The SMILES string of the molecule is CC(F)(F)C(=O)N1CCC(CC#N)(N2NC(Nc3ccc(S(=O)(=O)C(C)(C)C)cc3)C3C(=O)NCCC32)CC1. The fourth-order valence-electron chi connectivity index (χ4n) is 5.73. The Bertz CT molecular complexity index is 1240. The predicted molar refractivity (Wildman–Crippen MR) is 140 cm³/mol. The van der Waals surface area contributed by atoms with Gasteiger partial charge in [0.1, 0.15) is 6.17 Å². The van der Waals surface area contributed by atoms with E-state index in [1.54, 1.807) is 32.9 Å². The molecule has 214 valence electrons. The molecular weight excluding hydrogens is 530 g/mol. The van der Waals surface area contributed by atoms with Gasteiger partial charge in [-0.3, -0.25) is 9.59 Å². The maximum absolute atomic E-state index is 13.7. The van der Waals surface area contributed by atoms with Crippen LogP contribution in [0.15, 0.2) is 29.2 Å². The molecule has 39 heavy (non-hydrogen) atoms. The lowest BCUT2D eigenvalue weighted by atomic mass is 9.81. The molecule has 0 aromatic heterocycles. The van der Waals surface area contributed by atoms with E-state index < -0.39 is 44.0 Å². The van der Waals surface area contributed by atoms with Crippen LogP contribution in [0.25, 0.3) is 0 Å². The summed E-state index contributed by atoms with van der Waals surface area (Å²) in [6.07, 6.45) is 0.753. The quantitative estimate of drug-likeness (QED) is 0.477. The molecule has 4 rings (SSSR count). The highest BCUT2D eigenvalue weighted by Gasteiger charge is 2.55. The van der Waals surface area contributed by atoms with E-state index in [4.69, 9.17) is 0 Å². The van der Waals surface area contributed by atoms with Gasteiger partial charge >= 0.3 is 5.92 Å². The smallest absolute Gasteiger partial charge is 0.322 e. The molecule has 3 saturated heterocycles. The average molecular weight is 567 g/mol. The van der Waals surface area contributed by atoms with Crippen LogP contribution in [0.3, 0.4) is 0 Å². The van der Waals surface area contributed by atoms with Crippen molar-refractivity contribution in [3.05, 3.63) is 24.3 Å². The number of alkyl halides is 2. The maximum atomic E-state index is 13.7. The highest BCUT2D eigenvalue weighted by molar-refractivity contribution is 7.92. The van der Waals surface area contributed by atoms with Crippen molar-refractivity contribution in [2.75, 3.05) is 25.0 Å². The number of fused-ring (bicyclic) bond motifs is 1. The Hall–Kier alpha value is -2.82. The number of rotatable bonds is 6. The van der Waals surface area contributed by atoms with Crippen LogP contribution in [0.4, 0.5) is 14.5 Å². The third-order valence-electron chi connectivity index (χ3n) is 7.99. The molecule has 0 radical (unpaired) electrons. The van der Waals surface area contributed by atoms with Crippen molar-refractivity contribution >= 4 is 27.3 Å². The zero-order chi connectivity index (χ0) is 28.8. The first-order valence-electron chi connectivity index (χ1n) is 13.1. The third kappa shape index (κ3) is 5.47. The second-order valence-electron chi connectivity index (χ2n) is 11.7. The summed E-state index contributed by atoms with van der Waals surface area (Å²) in [5.41, 5.74) is 3.25. The number of likely N-dealkylation sites (tertiary alicyclic amines) is 1. The summed E-state index contributed by atoms with van der Waals surface area (Å²) in [6.45, 7) is 6.11. The number of nitrogens with one attached hydrogen (secondary N) is 3. The average Bonchev–Trinajstić information content (AvgIpc) is 3.23. The fourth-order valence-corrected chi connectivity index (χ4v) is 6.93. The molecule has 0 aliphatic carbocycles. The van der Waals surface area contributed by atoms with Gasteiger partial charge in [-0.2, -0.15) is 14.0 Å². The number of benzene rings is 1. The number of nitrogens with zero attached hydrogens (tertiary/aromatic N) is 3. The predicted octanol–water partition coefficient (Wildman–Crippen LogP) is 2.25. The Morgan fingerprint density at radius 3 is 2.33 bits per heavy atom. The number of sulfone groups is 1. The van der Waals surface area contributed by atoms with E-state index in [1.807, 2.05) is 5.01 Å². The summed E-state index contributed by atoms with van der Waals surface area (Å²) in [7, 11) is -3.53. The second kappa shape index (κ2) is 10.3. The zero-order valence-corrected chi connectivity index (χ0v) is 23.4. The molecule has 0 spiro atoms. The van der Waals surface area contributed by atoms with Crippen LogP contribution in [-0.2, 0) is 19.4 Å². The number of hydrogen-bond acceptors (Lipinski definition) is 8.